The van der Waals surface area contributed by atoms with Gasteiger partial charge in [0.05, 0.1) is 19.8 Å². The van der Waals surface area contributed by atoms with Crippen molar-refractivity contribution in [3.05, 3.63) is 35.4 Å². The first-order valence-electron chi connectivity index (χ1n) is 9.53. The largest absolute Gasteiger partial charge is 0.379 e. The maximum Gasteiger partial charge on any atom is 0.194 e. The van der Waals surface area contributed by atoms with Crippen LogP contribution in [0.5, 0.6) is 0 Å². The van der Waals surface area contributed by atoms with Gasteiger partial charge in [0.2, 0.25) is 0 Å². The number of aliphatic imine (C=N–C) groups is 1. The number of benzene rings is 1. The average molecular weight is 362 g/mol. The second-order valence-electron chi connectivity index (χ2n) is 8.00. The molecule has 1 aromatic rings. The lowest BCUT2D eigenvalue weighted by Gasteiger charge is -2.62. The van der Waals surface area contributed by atoms with Gasteiger partial charge in [0.1, 0.15) is 0 Å². The Morgan fingerprint density at radius 3 is 2.46 bits per heavy atom. The van der Waals surface area contributed by atoms with Crippen molar-refractivity contribution >= 4 is 5.96 Å². The summed E-state index contributed by atoms with van der Waals surface area (Å²) in [5.41, 5.74) is 2.81. The van der Waals surface area contributed by atoms with Crippen LogP contribution in [0.1, 0.15) is 45.7 Å². The molecule has 1 N–H and O–H groups in total. The van der Waals surface area contributed by atoms with Crippen molar-refractivity contribution < 1.29 is 9.47 Å². The molecule has 0 aromatic heterocycles. The van der Waals surface area contributed by atoms with Crippen LogP contribution in [0.4, 0.5) is 0 Å². The number of guanidine groups is 1. The van der Waals surface area contributed by atoms with Crippen molar-refractivity contribution in [2.24, 2.45) is 10.4 Å². The van der Waals surface area contributed by atoms with E-state index in [1.165, 1.54) is 11.1 Å². The monoisotopic (exact) mass is 361 g/mol. The fraction of sp³-hybridized carbons (Fsp3) is 0.667. The number of likely N-dealkylation sites (tertiary alicyclic amines) is 1. The molecule has 0 aliphatic carbocycles. The summed E-state index contributed by atoms with van der Waals surface area (Å²) in [6.45, 7) is 15.6. The second kappa shape index (κ2) is 8.87. The van der Waals surface area contributed by atoms with E-state index < -0.39 is 0 Å². The molecule has 1 aromatic carbocycles. The third kappa shape index (κ3) is 4.77. The van der Waals surface area contributed by atoms with E-state index in [2.05, 4.69) is 67.2 Å². The lowest BCUT2D eigenvalue weighted by Crippen LogP contribution is -2.72. The number of nitrogens with zero attached hydrogens (tertiary/aromatic N) is 2. The summed E-state index contributed by atoms with van der Waals surface area (Å²) in [5.74, 6) is 0.965. The number of ether oxygens (including phenoxy) is 2. The summed E-state index contributed by atoms with van der Waals surface area (Å²) in [6, 6.07) is 8.50. The van der Waals surface area contributed by atoms with Crippen LogP contribution in [-0.4, -0.2) is 49.8 Å². The summed E-state index contributed by atoms with van der Waals surface area (Å²) < 4.78 is 11.0. The fourth-order valence-corrected chi connectivity index (χ4v) is 3.16. The van der Waals surface area contributed by atoms with E-state index in [1.807, 2.05) is 14.0 Å². The smallest absolute Gasteiger partial charge is 0.194 e. The lowest BCUT2D eigenvalue weighted by atomic mass is 9.65. The molecule has 1 aliphatic rings. The molecule has 5 nitrogen and oxygen atoms in total. The van der Waals surface area contributed by atoms with E-state index in [0.29, 0.717) is 25.2 Å². The standard InChI is InChI=1S/C21H35N3O2/c1-7-25-11-12-26-15-18-10-8-9-17(13-18)14-23-19(22-6)24-16-20(2,3)21(24,4)5/h8-10,13H,7,11-12,14-16H2,1-6H3,(H,22,23). The number of nitrogens with one attached hydrogen (secondary N) is 1. The predicted molar refractivity (Wildman–Crippen MR) is 107 cm³/mol. The molecule has 0 unspecified atom stereocenters. The highest BCUT2D eigenvalue weighted by Crippen LogP contribution is 2.46. The minimum Gasteiger partial charge on any atom is -0.379 e. The molecule has 1 saturated heterocycles. The van der Waals surface area contributed by atoms with Gasteiger partial charge in [-0.2, -0.15) is 0 Å². The van der Waals surface area contributed by atoms with Crippen LogP contribution in [0.15, 0.2) is 29.3 Å². The minimum absolute atomic E-state index is 0.102. The molecule has 0 bridgehead atoms. The first kappa shape index (κ1) is 20.7. The zero-order valence-corrected chi connectivity index (χ0v) is 17.3. The van der Waals surface area contributed by atoms with Gasteiger partial charge in [0.15, 0.2) is 5.96 Å². The molecule has 1 fully saturated rings. The van der Waals surface area contributed by atoms with Gasteiger partial charge in [-0.05, 0) is 31.9 Å². The van der Waals surface area contributed by atoms with Crippen LogP contribution in [0.25, 0.3) is 0 Å². The molecule has 0 radical (unpaired) electrons. The minimum atomic E-state index is 0.102. The molecule has 26 heavy (non-hydrogen) atoms. The van der Waals surface area contributed by atoms with Gasteiger partial charge < -0.3 is 19.7 Å². The Bertz CT molecular complexity index is 611. The summed E-state index contributed by atoms with van der Waals surface area (Å²) >= 11 is 0. The van der Waals surface area contributed by atoms with Crippen LogP contribution < -0.4 is 5.32 Å². The molecule has 2 rings (SSSR count). The van der Waals surface area contributed by atoms with Gasteiger partial charge in [-0.1, -0.05) is 38.1 Å². The molecule has 1 aliphatic heterocycles. The Labute approximate surface area is 158 Å². The third-order valence-electron chi connectivity index (χ3n) is 5.64. The Balaban J connectivity index is 1.86. The number of hydrogen-bond donors (Lipinski definition) is 1. The van der Waals surface area contributed by atoms with Gasteiger partial charge in [-0.25, -0.2) is 0 Å². The second-order valence-corrected chi connectivity index (χ2v) is 8.00. The molecular formula is C21H35N3O2. The van der Waals surface area contributed by atoms with Gasteiger partial charge in [-0.15, -0.1) is 0 Å². The van der Waals surface area contributed by atoms with Crippen molar-refractivity contribution in [2.45, 2.75) is 53.3 Å². The Kier molecular flexibility index (Phi) is 7.07. The van der Waals surface area contributed by atoms with Crippen LogP contribution in [0.3, 0.4) is 0 Å². The van der Waals surface area contributed by atoms with Crippen LogP contribution in [0.2, 0.25) is 0 Å². The quantitative estimate of drug-likeness (QED) is 0.438. The van der Waals surface area contributed by atoms with Crippen molar-refractivity contribution in [2.75, 3.05) is 33.4 Å². The van der Waals surface area contributed by atoms with Gasteiger partial charge in [0, 0.05) is 37.7 Å². The van der Waals surface area contributed by atoms with Crippen molar-refractivity contribution in [1.29, 1.82) is 0 Å². The average Bonchev–Trinajstić information content (AvgIpc) is 2.61. The number of hydrogen-bond acceptors (Lipinski definition) is 3. The third-order valence-corrected chi connectivity index (χ3v) is 5.64. The van der Waals surface area contributed by atoms with E-state index >= 15 is 0 Å². The zero-order valence-electron chi connectivity index (χ0n) is 17.3. The molecule has 0 spiro atoms. The van der Waals surface area contributed by atoms with Gasteiger partial charge in [-0.3, -0.25) is 4.99 Å². The zero-order chi connectivity index (χ0) is 19.2. The fourth-order valence-electron chi connectivity index (χ4n) is 3.16. The van der Waals surface area contributed by atoms with Crippen LogP contribution in [0, 0.1) is 5.41 Å². The molecular weight excluding hydrogens is 326 g/mol. The highest BCUT2D eigenvalue weighted by atomic mass is 16.5. The number of rotatable bonds is 8. The van der Waals surface area contributed by atoms with E-state index in [1.54, 1.807) is 0 Å². The summed E-state index contributed by atoms with van der Waals surface area (Å²) in [6.07, 6.45) is 0. The topological polar surface area (TPSA) is 46.1 Å². The lowest BCUT2D eigenvalue weighted by molar-refractivity contribution is -0.0667. The van der Waals surface area contributed by atoms with Crippen LogP contribution >= 0.6 is 0 Å². The Morgan fingerprint density at radius 1 is 1.15 bits per heavy atom. The van der Waals surface area contributed by atoms with Crippen LogP contribution in [-0.2, 0) is 22.6 Å². The normalized spacial score (nSPS) is 18.5. The summed E-state index contributed by atoms with van der Waals surface area (Å²) in [4.78, 5) is 6.83. The van der Waals surface area contributed by atoms with E-state index in [0.717, 1.165) is 25.7 Å². The van der Waals surface area contributed by atoms with Crippen molar-refractivity contribution in [3.8, 4) is 0 Å². The van der Waals surface area contributed by atoms with Crippen molar-refractivity contribution in [1.82, 2.24) is 10.2 Å². The first-order valence-corrected chi connectivity index (χ1v) is 9.53. The molecule has 5 heteroatoms. The molecule has 1 heterocycles. The summed E-state index contributed by atoms with van der Waals surface area (Å²) in [5, 5.41) is 3.51. The van der Waals surface area contributed by atoms with Gasteiger partial charge >= 0.3 is 0 Å². The molecule has 0 saturated carbocycles. The maximum absolute atomic E-state index is 5.66. The van der Waals surface area contributed by atoms with Crippen molar-refractivity contribution in [3.63, 3.8) is 0 Å². The molecule has 0 amide bonds. The predicted octanol–water partition coefficient (Wildman–Crippen LogP) is 3.44. The SMILES string of the molecule is CCOCCOCc1cccc(CNC(=NC)N2CC(C)(C)C2(C)C)c1. The first-order chi connectivity index (χ1) is 12.3. The summed E-state index contributed by atoms with van der Waals surface area (Å²) in [7, 11) is 1.85. The van der Waals surface area contributed by atoms with E-state index in [4.69, 9.17) is 9.47 Å². The highest BCUT2D eigenvalue weighted by Gasteiger charge is 2.53. The molecule has 146 valence electrons. The molecule has 0 atom stereocenters. The highest BCUT2D eigenvalue weighted by molar-refractivity contribution is 5.82. The van der Waals surface area contributed by atoms with E-state index in [9.17, 15) is 0 Å². The van der Waals surface area contributed by atoms with Gasteiger partial charge in [0.25, 0.3) is 0 Å². The maximum atomic E-state index is 5.66. The van der Waals surface area contributed by atoms with E-state index in [-0.39, 0.29) is 5.54 Å². The Morgan fingerprint density at radius 2 is 1.85 bits per heavy atom. The Hall–Kier alpha value is -1.59.